The molecule has 0 bridgehead atoms. The largest absolute Gasteiger partial charge is 0.441 e. The molecule has 0 saturated carbocycles. The van der Waals surface area contributed by atoms with Gasteiger partial charge in [0.05, 0.1) is 35.9 Å². The van der Waals surface area contributed by atoms with E-state index in [1.54, 1.807) is 13.0 Å². The van der Waals surface area contributed by atoms with Gasteiger partial charge in [0.1, 0.15) is 5.76 Å². The van der Waals surface area contributed by atoms with Crippen LogP contribution in [-0.2, 0) is 16.0 Å². The molecule has 0 aliphatic heterocycles. The van der Waals surface area contributed by atoms with Crippen molar-refractivity contribution in [3.05, 3.63) is 40.7 Å². The Labute approximate surface area is 165 Å². The Kier molecular flexibility index (Phi) is 8.78. The maximum absolute atomic E-state index is 12.1. The summed E-state index contributed by atoms with van der Waals surface area (Å²) in [6.45, 7) is 10.6. The van der Waals surface area contributed by atoms with E-state index in [4.69, 9.17) is 20.8 Å². The Morgan fingerprint density at radius 2 is 2.00 bits per heavy atom. The van der Waals surface area contributed by atoms with Crippen molar-refractivity contribution in [3.8, 4) is 11.5 Å². The van der Waals surface area contributed by atoms with E-state index in [0.29, 0.717) is 42.1 Å². The van der Waals surface area contributed by atoms with Gasteiger partial charge in [-0.2, -0.15) is 0 Å². The summed E-state index contributed by atoms with van der Waals surface area (Å²) in [6, 6.07) is 7.34. The molecule has 148 valence electrons. The summed E-state index contributed by atoms with van der Waals surface area (Å²) in [5.74, 6) is 0.945. The van der Waals surface area contributed by atoms with Crippen molar-refractivity contribution in [2.75, 3.05) is 39.4 Å². The summed E-state index contributed by atoms with van der Waals surface area (Å²) >= 11 is 6.18. The molecule has 27 heavy (non-hydrogen) atoms. The van der Waals surface area contributed by atoms with E-state index >= 15 is 0 Å². The minimum Gasteiger partial charge on any atom is -0.441 e. The molecule has 0 spiro atoms. The van der Waals surface area contributed by atoms with E-state index in [1.165, 1.54) is 0 Å². The second-order valence-electron chi connectivity index (χ2n) is 6.17. The highest BCUT2D eigenvalue weighted by Gasteiger charge is 2.16. The lowest BCUT2D eigenvalue weighted by atomic mass is 10.2. The number of amides is 1. The van der Waals surface area contributed by atoms with Crippen molar-refractivity contribution in [3.63, 3.8) is 0 Å². The first-order valence-electron chi connectivity index (χ1n) is 9.33. The van der Waals surface area contributed by atoms with E-state index in [2.05, 4.69) is 29.0 Å². The van der Waals surface area contributed by atoms with E-state index < -0.39 is 0 Å². The number of aromatic nitrogens is 1. The Balaban J connectivity index is 1.76. The number of carbonyl (C=O) groups is 1. The third-order valence-corrected chi connectivity index (χ3v) is 4.67. The van der Waals surface area contributed by atoms with Gasteiger partial charge < -0.3 is 19.4 Å². The fourth-order valence-electron chi connectivity index (χ4n) is 2.65. The number of benzene rings is 1. The third-order valence-electron chi connectivity index (χ3n) is 4.34. The molecular weight excluding hydrogens is 366 g/mol. The molecule has 0 saturated heterocycles. The average molecular weight is 394 g/mol. The lowest BCUT2D eigenvalue weighted by Gasteiger charge is -2.17. The Morgan fingerprint density at radius 3 is 2.70 bits per heavy atom. The van der Waals surface area contributed by atoms with Crippen LogP contribution in [0.15, 0.2) is 28.7 Å². The van der Waals surface area contributed by atoms with Crippen LogP contribution in [0.1, 0.15) is 25.3 Å². The topological polar surface area (TPSA) is 67.6 Å². The highest BCUT2D eigenvalue weighted by atomic mass is 35.5. The molecule has 0 aliphatic carbocycles. The molecule has 2 aromatic rings. The van der Waals surface area contributed by atoms with Gasteiger partial charge in [0.15, 0.2) is 0 Å². The van der Waals surface area contributed by atoms with Crippen molar-refractivity contribution in [1.29, 1.82) is 0 Å². The molecule has 7 heteroatoms. The lowest BCUT2D eigenvalue weighted by Crippen LogP contribution is -2.31. The molecular formula is C20H28ClN3O3. The minimum absolute atomic E-state index is 0.107. The Morgan fingerprint density at radius 1 is 1.26 bits per heavy atom. The number of carbonyl (C=O) groups excluding carboxylic acids is 1. The van der Waals surface area contributed by atoms with Crippen LogP contribution in [0.2, 0.25) is 5.02 Å². The first-order valence-corrected chi connectivity index (χ1v) is 9.70. The summed E-state index contributed by atoms with van der Waals surface area (Å²) in [4.78, 5) is 18.9. The summed E-state index contributed by atoms with van der Waals surface area (Å²) < 4.78 is 11.2. The first-order chi connectivity index (χ1) is 13.0. The second kappa shape index (κ2) is 11.1. The summed E-state index contributed by atoms with van der Waals surface area (Å²) in [6.07, 6.45) is 0.166. The van der Waals surface area contributed by atoms with Gasteiger partial charge in [-0.3, -0.25) is 4.79 Å². The first kappa shape index (κ1) is 21.4. The number of halogens is 1. The maximum atomic E-state index is 12.1. The van der Waals surface area contributed by atoms with E-state index in [0.717, 1.165) is 25.2 Å². The standard InChI is InChI=1S/C20H28ClN3O3/c1-4-24(5-2)11-13-26-12-10-22-19(25)14-18-15(3)27-20(23-18)16-8-6-7-9-17(16)21/h6-9H,4-5,10-14H2,1-3H3,(H,22,25). The van der Waals surface area contributed by atoms with Gasteiger partial charge in [-0.1, -0.05) is 37.6 Å². The summed E-state index contributed by atoms with van der Waals surface area (Å²) in [5, 5.41) is 3.42. The smallest absolute Gasteiger partial charge is 0.228 e. The van der Waals surface area contributed by atoms with Crippen LogP contribution in [0.5, 0.6) is 0 Å². The van der Waals surface area contributed by atoms with Crippen molar-refractivity contribution in [2.45, 2.75) is 27.2 Å². The van der Waals surface area contributed by atoms with Gasteiger partial charge >= 0.3 is 0 Å². The average Bonchev–Trinajstić information content (AvgIpc) is 3.01. The third kappa shape index (κ3) is 6.65. The fraction of sp³-hybridized carbons (Fsp3) is 0.500. The zero-order chi connectivity index (χ0) is 19.6. The van der Waals surface area contributed by atoms with Crippen LogP contribution in [0.4, 0.5) is 0 Å². The van der Waals surface area contributed by atoms with Gasteiger partial charge in [-0.15, -0.1) is 0 Å². The molecule has 0 radical (unpaired) electrons. The Hall–Kier alpha value is -1.89. The van der Waals surface area contributed by atoms with Crippen LogP contribution in [-0.4, -0.2) is 55.2 Å². The predicted octanol–water partition coefficient (Wildman–Crippen LogP) is 3.32. The van der Waals surface area contributed by atoms with Gasteiger partial charge in [-0.25, -0.2) is 4.98 Å². The normalized spacial score (nSPS) is 11.1. The molecule has 1 aromatic heterocycles. The van der Waals surface area contributed by atoms with Crippen molar-refractivity contribution in [2.24, 2.45) is 0 Å². The number of likely N-dealkylation sites (N-methyl/N-ethyl adjacent to an activating group) is 1. The molecule has 1 amide bonds. The van der Waals surface area contributed by atoms with Crippen molar-refractivity contribution < 1.29 is 13.9 Å². The Bertz CT molecular complexity index is 729. The number of hydrogen-bond acceptors (Lipinski definition) is 5. The highest BCUT2D eigenvalue weighted by Crippen LogP contribution is 2.28. The zero-order valence-corrected chi connectivity index (χ0v) is 17.0. The number of nitrogens with one attached hydrogen (secondary N) is 1. The summed E-state index contributed by atoms with van der Waals surface area (Å²) in [7, 11) is 0. The maximum Gasteiger partial charge on any atom is 0.228 e. The SMILES string of the molecule is CCN(CC)CCOCCNC(=O)Cc1nc(-c2ccccc2Cl)oc1C. The number of rotatable bonds is 11. The lowest BCUT2D eigenvalue weighted by molar-refractivity contribution is -0.120. The molecule has 6 nitrogen and oxygen atoms in total. The number of nitrogens with zero attached hydrogens (tertiary/aromatic N) is 2. The number of oxazole rings is 1. The van der Waals surface area contributed by atoms with Crippen LogP contribution < -0.4 is 5.32 Å². The number of aryl methyl sites for hydroxylation is 1. The van der Waals surface area contributed by atoms with Crippen LogP contribution in [0.25, 0.3) is 11.5 Å². The molecule has 0 atom stereocenters. The van der Waals surface area contributed by atoms with Crippen LogP contribution >= 0.6 is 11.6 Å². The van der Waals surface area contributed by atoms with Gasteiger partial charge in [-0.05, 0) is 32.1 Å². The fourth-order valence-corrected chi connectivity index (χ4v) is 2.87. The highest BCUT2D eigenvalue weighted by molar-refractivity contribution is 6.33. The van der Waals surface area contributed by atoms with Gasteiger partial charge in [0.25, 0.3) is 0 Å². The molecule has 0 aliphatic rings. The second-order valence-corrected chi connectivity index (χ2v) is 6.57. The number of ether oxygens (including phenoxy) is 1. The molecule has 2 rings (SSSR count). The number of hydrogen-bond donors (Lipinski definition) is 1. The van der Waals surface area contributed by atoms with Gasteiger partial charge in [0, 0.05) is 13.1 Å². The molecule has 0 unspecified atom stereocenters. The molecule has 1 aromatic carbocycles. The van der Waals surface area contributed by atoms with Crippen LogP contribution in [0.3, 0.4) is 0 Å². The van der Waals surface area contributed by atoms with E-state index in [9.17, 15) is 4.79 Å². The van der Waals surface area contributed by atoms with E-state index in [1.807, 2.05) is 18.2 Å². The van der Waals surface area contributed by atoms with Crippen molar-refractivity contribution >= 4 is 17.5 Å². The monoisotopic (exact) mass is 393 g/mol. The van der Waals surface area contributed by atoms with Gasteiger partial charge in [0.2, 0.25) is 11.8 Å². The van der Waals surface area contributed by atoms with Crippen LogP contribution in [0, 0.1) is 6.92 Å². The summed E-state index contributed by atoms with van der Waals surface area (Å²) in [5.41, 5.74) is 1.33. The van der Waals surface area contributed by atoms with Crippen molar-refractivity contribution in [1.82, 2.24) is 15.2 Å². The van der Waals surface area contributed by atoms with E-state index in [-0.39, 0.29) is 12.3 Å². The quantitative estimate of drug-likeness (QED) is 0.593. The molecule has 1 N–H and O–H groups in total. The molecule has 0 fully saturated rings. The minimum atomic E-state index is -0.107. The zero-order valence-electron chi connectivity index (χ0n) is 16.3. The predicted molar refractivity (Wildman–Crippen MR) is 107 cm³/mol. The molecule has 1 heterocycles.